The number of carbonyl (C=O) groups excluding carboxylic acids is 2. The van der Waals surface area contributed by atoms with Crippen molar-refractivity contribution in [3.05, 3.63) is 11.8 Å². The molecule has 0 unspecified atom stereocenters. The zero-order valence-electron chi connectivity index (χ0n) is 9.12. The standard InChI is InChI=1S/C11H16N2O2/c1-7(2)6-8-11(15)13-5-3-4-9(13)10(14)12-8/h4,7-8H,3,5-6H2,1-2H3,(H,12,14)/t8-/m0/s1. The van der Waals surface area contributed by atoms with Crippen LogP contribution in [0.25, 0.3) is 0 Å². The minimum absolute atomic E-state index is 0.0482. The Hall–Kier alpha value is -1.32. The van der Waals surface area contributed by atoms with Gasteiger partial charge in [-0.25, -0.2) is 0 Å². The maximum absolute atomic E-state index is 12.0. The van der Waals surface area contributed by atoms with Crippen molar-refractivity contribution in [2.45, 2.75) is 32.7 Å². The van der Waals surface area contributed by atoms with Gasteiger partial charge in [0.05, 0.1) is 0 Å². The first-order valence-electron chi connectivity index (χ1n) is 5.42. The van der Waals surface area contributed by atoms with Gasteiger partial charge in [0.1, 0.15) is 11.7 Å². The Labute approximate surface area is 89.3 Å². The van der Waals surface area contributed by atoms with E-state index >= 15 is 0 Å². The molecule has 82 valence electrons. The van der Waals surface area contributed by atoms with E-state index in [1.54, 1.807) is 4.90 Å². The summed E-state index contributed by atoms with van der Waals surface area (Å²) in [4.78, 5) is 25.2. The van der Waals surface area contributed by atoms with Crippen molar-refractivity contribution in [2.24, 2.45) is 5.92 Å². The average molecular weight is 208 g/mol. The number of nitrogens with zero attached hydrogens (tertiary/aromatic N) is 1. The van der Waals surface area contributed by atoms with Gasteiger partial charge in [-0.1, -0.05) is 19.9 Å². The molecule has 2 amide bonds. The highest BCUT2D eigenvalue weighted by Gasteiger charge is 2.38. The number of carbonyl (C=O) groups is 2. The third-order valence-electron chi connectivity index (χ3n) is 2.79. The van der Waals surface area contributed by atoms with Crippen molar-refractivity contribution in [3.8, 4) is 0 Å². The molecule has 0 aliphatic carbocycles. The van der Waals surface area contributed by atoms with Gasteiger partial charge in [-0.15, -0.1) is 0 Å². The van der Waals surface area contributed by atoms with Gasteiger partial charge in [-0.2, -0.15) is 0 Å². The van der Waals surface area contributed by atoms with Crippen LogP contribution in [0.2, 0.25) is 0 Å². The maximum Gasteiger partial charge on any atom is 0.268 e. The average Bonchev–Trinajstić information content (AvgIpc) is 2.61. The lowest BCUT2D eigenvalue weighted by Crippen LogP contribution is -2.55. The maximum atomic E-state index is 12.0. The Bertz CT molecular complexity index is 333. The molecule has 2 aliphatic rings. The van der Waals surface area contributed by atoms with Gasteiger partial charge in [0, 0.05) is 6.54 Å². The van der Waals surface area contributed by atoms with Gasteiger partial charge in [0.15, 0.2) is 0 Å². The van der Waals surface area contributed by atoms with Gasteiger partial charge in [-0.05, 0) is 18.8 Å². The van der Waals surface area contributed by atoms with E-state index in [4.69, 9.17) is 0 Å². The summed E-state index contributed by atoms with van der Waals surface area (Å²) in [5.74, 6) is 0.359. The summed E-state index contributed by atoms with van der Waals surface area (Å²) in [7, 11) is 0. The molecule has 0 radical (unpaired) electrons. The molecule has 15 heavy (non-hydrogen) atoms. The van der Waals surface area contributed by atoms with E-state index in [1.807, 2.05) is 6.08 Å². The van der Waals surface area contributed by atoms with Crippen LogP contribution >= 0.6 is 0 Å². The fourth-order valence-corrected chi connectivity index (χ4v) is 2.12. The number of hydrogen-bond donors (Lipinski definition) is 1. The smallest absolute Gasteiger partial charge is 0.268 e. The minimum atomic E-state index is -0.326. The molecular formula is C11H16N2O2. The molecule has 0 aromatic carbocycles. The first kappa shape index (κ1) is 10.2. The van der Waals surface area contributed by atoms with Crippen molar-refractivity contribution in [2.75, 3.05) is 6.54 Å². The fourth-order valence-electron chi connectivity index (χ4n) is 2.12. The molecule has 0 aromatic heterocycles. The Morgan fingerprint density at radius 2 is 2.27 bits per heavy atom. The molecule has 4 nitrogen and oxygen atoms in total. The van der Waals surface area contributed by atoms with Crippen LogP contribution in [-0.2, 0) is 9.59 Å². The van der Waals surface area contributed by atoms with E-state index < -0.39 is 0 Å². The van der Waals surface area contributed by atoms with Crippen molar-refractivity contribution in [1.29, 1.82) is 0 Å². The molecule has 0 saturated carbocycles. The summed E-state index contributed by atoms with van der Waals surface area (Å²) >= 11 is 0. The monoisotopic (exact) mass is 208 g/mol. The van der Waals surface area contributed by atoms with E-state index in [2.05, 4.69) is 19.2 Å². The van der Waals surface area contributed by atoms with E-state index in [1.165, 1.54) is 0 Å². The van der Waals surface area contributed by atoms with Crippen LogP contribution in [-0.4, -0.2) is 29.3 Å². The first-order chi connectivity index (χ1) is 7.09. The molecular weight excluding hydrogens is 192 g/mol. The summed E-state index contributed by atoms with van der Waals surface area (Å²) in [6.07, 6.45) is 3.34. The highest BCUT2D eigenvalue weighted by molar-refractivity contribution is 6.05. The highest BCUT2D eigenvalue weighted by Crippen LogP contribution is 2.22. The van der Waals surface area contributed by atoms with Gasteiger partial charge >= 0.3 is 0 Å². The molecule has 2 rings (SSSR count). The third kappa shape index (κ3) is 1.76. The lowest BCUT2D eigenvalue weighted by Gasteiger charge is -2.32. The van der Waals surface area contributed by atoms with E-state index in [-0.39, 0.29) is 17.9 Å². The zero-order chi connectivity index (χ0) is 11.0. The molecule has 4 heteroatoms. The SMILES string of the molecule is CC(C)C[C@@H]1NC(=O)C2=CCCN2C1=O. The van der Waals surface area contributed by atoms with Gasteiger partial charge in [0.25, 0.3) is 5.91 Å². The summed E-state index contributed by atoms with van der Waals surface area (Å²) in [5, 5.41) is 2.77. The van der Waals surface area contributed by atoms with Gasteiger partial charge in [-0.3, -0.25) is 9.59 Å². The lowest BCUT2D eigenvalue weighted by molar-refractivity contribution is -0.140. The van der Waals surface area contributed by atoms with Gasteiger partial charge < -0.3 is 10.2 Å². The quantitative estimate of drug-likeness (QED) is 0.724. The third-order valence-corrected chi connectivity index (χ3v) is 2.79. The molecule has 1 N–H and O–H groups in total. The zero-order valence-corrected chi connectivity index (χ0v) is 9.12. The van der Waals surface area contributed by atoms with E-state index in [9.17, 15) is 9.59 Å². The second-order valence-corrected chi connectivity index (χ2v) is 4.52. The predicted octanol–water partition coefficient (Wildman–Crippen LogP) is 0.647. The van der Waals surface area contributed by atoms with Crippen LogP contribution < -0.4 is 5.32 Å². The molecule has 0 bridgehead atoms. The second-order valence-electron chi connectivity index (χ2n) is 4.52. The summed E-state index contributed by atoms with van der Waals surface area (Å²) in [6, 6.07) is -0.326. The summed E-state index contributed by atoms with van der Waals surface area (Å²) < 4.78 is 0. The molecule has 1 atom stereocenters. The van der Waals surface area contributed by atoms with Crippen LogP contribution in [0.15, 0.2) is 11.8 Å². The Kier molecular flexibility index (Phi) is 2.50. The Morgan fingerprint density at radius 3 is 2.93 bits per heavy atom. The molecule has 1 saturated heterocycles. The fraction of sp³-hybridized carbons (Fsp3) is 0.636. The molecule has 2 heterocycles. The van der Waals surface area contributed by atoms with E-state index in [0.29, 0.717) is 24.6 Å². The first-order valence-corrected chi connectivity index (χ1v) is 5.42. The lowest BCUT2D eigenvalue weighted by atomic mass is 10.0. The normalized spacial score (nSPS) is 25.4. The number of hydrogen-bond acceptors (Lipinski definition) is 2. The predicted molar refractivity (Wildman–Crippen MR) is 55.8 cm³/mol. The molecule has 0 aromatic rings. The summed E-state index contributed by atoms with van der Waals surface area (Å²) in [5.41, 5.74) is 0.542. The largest absolute Gasteiger partial charge is 0.339 e. The number of amides is 2. The highest BCUT2D eigenvalue weighted by atomic mass is 16.2. The number of nitrogens with one attached hydrogen (secondary N) is 1. The molecule has 1 fully saturated rings. The van der Waals surface area contributed by atoms with Crippen molar-refractivity contribution < 1.29 is 9.59 Å². The molecule has 0 spiro atoms. The number of fused-ring (bicyclic) bond motifs is 1. The number of rotatable bonds is 2. The topological polar surface area (TPSA) is 49.4 Å². The number of piperazine rings is 1. The second kappa shape index (κ2) is 3.68. The Morgan fingerprint density at radius 1 is 1.53 bits per heavy atom. The van der Waals surface area contributed by atoms with Crippen LogP contribution in [0.5, 0.6) is 0 Å². The van der Waals surface area contributed by atoms with Crippen molar-refractivity contribution in [1.82, 2.24) is 10.2 Å². The van der Waals surface area contributed by atoms with Gasteiger partial charge in [0.2, 0.25) is 5.91 Å². The van der Waals surface area contributed by atoms with E-state index in [0.717, 1.165) is 6.42 Å². The van der Waals surface area contributed by atoms with Crippen LogP contribution in [0.1, 0.15) is 26.7 Å². The summed E-state index contributed by atoms with van der Waals surface area (Å²) in [6.45, 7) is 4.76. The molecule has 2 aliphatic heterocycles. The Balaban J connectivity index is 2.15. The van der Waals surface area contributed by atoms with Crippen molar-refractivity contribution >= 4 is 11.8 Å². The van der Waals surface area contributed by atoms with Crippen molar-refractivity contribution in [3.63, 3.8) is 0 Å². The van der Waals surface area contributed by atoms with Crippen LogP contribution in [0.4, 0.5) is 0 Å². The van der Waals surface area contributed by atoms with Crippen LogP contribution in [0.3, 0.4) is 0 Å². The van der Waals surface area contributed by atoms with Crippen LogP contribution in [0, 0.1) is 5.92 Å². The minimum Gasteiger partial charge on any atom is -0.339 e.